The summed E-state index contributed by atoms with van der Waals surface area (Å²) in [5.41, 5.74) is -0.335. The maximum absolute atomic E-state index is 12.6. The lowest BCUT2D eigenvalue weighted by molar-refractivity contribution is -0.140. The number of halogens is 3. The molecule has 0 aliphatic heterocycles. The first-order valence-corrected chi connectivity index (χ1v) is 8.61. The van der Waals surface area contributed by atoms with E-state index >= 15 is 0 Å². The number of ether oxygens (including phenoxy) is 1. The summed E-state index contributed by atoms with van der Waals surface area (Å²) in [7, 11) is 1.46. The van der Waals surface area contributed by atoms with E-state index in [9.17, 15) is 18.3 Å². The predicted molar refractivity (Wildman–Crippen MR) is 93.4 cm³/mol. The molecule has 142 valence electrons. The topological polar surface area (TPSA) is 78.8 Å². The highest BCUT2D eigenvalue weighted by Gasteiger charge is 2.33. The third-order valence-electron chi connectivity index (χ3n) is 3.30. The van der Waals surface area contributed by atoms with Crippen molar-refractivity contribution in [3.05, 3.63) is 39.8 Å². The molecule has 0 amide bonds. The van der Waals surface area contributed by atoms with Gasteiger partial charge < -0.3 is 20.5 Å². The monoisotopic (exact) mass is 388 g/mol. The largest absolute Gasteiger partial charge is 0.504 e. The van der Waals surface area contributed by atoms with Crippen LogP contribution in [0.5, 0.6) is 11.5 Å². The first kappa shape index (κ1) is 19.8. The molecule has 2 rings (SSSR count). The normalized spacial score (nSPS) is 12.1. The summed E-state index contributed by atoms with van der Waals surface area (Å²) in [6.45, 7) is 2.72. The van der Waals surface area contributed by atoms with E-state index in [1.165, 1.54) is 7.11 Å². The van der Waals surface area contributed by atoms with Crippen molar-refractivity contribution in [3.63, 3.8) is 0 Å². The summed E-state index contributed by atoms with van der Waals surface area (Å²) in [6, 6.07) is 5.08. The third kappa shape index (κ3) is 5.25. The average molecular weight is 388 g/mol. The highest BCUT2D eigenvalue weighted by molar-refractivity contribution is 7.09. The van der Waals surface area contributed by atoms with E-state index in [1.54, 1.807) is 18.2 Å². The number of aromatic hydroxyl groups is 1. The molecule has 0 aliphatic rings. The van der Waals surface area contributed by atoms with Gasteiger partial charge in [0.05, 0.1) is 20.2 Å². The summed E-state index contributed by atoms with van der Waals surface area (Å²) in [4.78, 5) is 7.88. The Bertz CT molecular complexity index is 762. The molecular weight excluding hydrogens is 369 g/mol. The van der Waals surface area contributed by atoms with Crippen molar-refractivity contribution >= 4 is 17.3 Å². The molecule has 26 heavy (non-hydrogen) atoms. The second-order valence-corrected chi connectivity index (χ2v) is 6.08. The molecule has 1 aromatic heterocycles. The quantitative estimate of drug-likeness (QED) is 0.523. The minimum Gasteiger partial charge on any atom is -0.504 e. The van der Waals surface area contributed by atoms with Gasteiger partial charge in [0, 0.05) is 17.5 Å². The number of para-hydroxylation sites is 1. The molecule has 0 unspecified atom stereocenters. The number of nitrogens with zero attached hydrogens (tertiary/aromatic N) is 2. The minimum atomic E-state index is -4.45. The lowest BCUT2D eigenvalue weighted by Gasteiger charge is -2.11. The van der Waals surface area contributed by atoms with Gasteiger partial charge in [0.15, 0.2) is 23.2 Å². The van der Waals surface area contributed by atoms with Crippen LogP contribution in [0.15, 0.2) is 28.6 Å². The lowest BCUT2D eigenvalue weighted by Crippen LogP contribution is -2.36. The average Bonchev–Trinajstić information content (AvgIpc) is 3.08. The van der Waals surface area contributed by atoms with Crippen molar-refractivity contribution in [2.45, 2.75) is 26.2 Å². The second kappa shape index (κ2) is 8.75. The van der Waals surface area contributed by atoms with Crippen molar-refractivity contribution in [2.24, 2.45) is 4.99 Å². The van der Waals surface area contributed by atoms with Gasteiger partial charge in [-0.25, -0.2) is 9.98 Å². The number of aliphatic imine (C=N–C) groups is 1. The van der Waals surface area contributed by atoms with E-state index in [2.05, 4.69) is 20.6 Å². The van der Waals surface area contributed by atoms with Gasteiger partial charge in [-0.3, -0.25) is 0 Å². The molecule has 1 aromatic carbocycles. The van der Waals surface area contributed by atoms with Crippen LogP contribution in [0.25, 0.3) is 0 Å². The van der Waals surface area contributed by atoms with E-state index in [0.29, 0.717) is 28.8 Å². The lowest BCUT2D eigenvalue weighted by atomic mass is 10.2. The Morgan fingerprint density at radius 1 is 1.35 bits per heavy atom. The molecule has 0 fully saturated rings. The van der Waals surface area contributed by atoms with E-state index < -0.39 is 11.9 Å². The molecular formula is C16H19F3N4O2S. The zero-order chi connectivity index (χ0) is 19.2. The molecule has 0 atom stereocenters. The number of aromatic nitrogens is 1. The molecule has 0 saturated carbocycles. The first-order chi connectivity index (χ1) is 12.3. The van der Waals surface area contributed by atoms with Crippen LogP contribution in [-0.2, 0) is 19.3 Å². The molecule has 10 heteroatoms. The van der Waals surface area contributed by atoms with E-state index in [4.69, 9.17) is 4.74 Å². The van der Waals surface area contributed by atoms with Crippen molar-refractivity contribution in [3.8, 4) is 11.5 Å². The second-order valence-electron chi connectivity index (χ2n) is 5.14. The Labute approximate surface area is 152 Å². The van der Waals surface area contributed by atoms with Crippen LogP contribution >= 0.6 is 11.3 Å². The number of methoxy groups -OCH3 is 1. The molecule has 0 bridgehead atoms. The van der Waals surface area contributed by atoms with Gasteiger partial charge in [-0.15, -0.1) is 11.3 Å². The summed E-state index contributed by atoms with van der Waals surface area (Å²) in [5.74, 6) is 0.751. The number of guanidine groups is 1. The van der Waals surface area contributed by atoms with Crippen LogP contribution in [-0.4, -0.2) is 29.7 Å². The molecule has 2 aromatic rings. The van der Waals surface area contributed by atoms with E-state index in [0.717, 1.165) is 16.7 Å². The Kier molecular flexibility index (Phi) is 6.67. The van der Waals surface area contributed by atoms with Crippen molar-refractivity contribution in [1.29, 1.82) is 0 Å². The van der Waals surface area contributed by atoms with Crippen LogP contribution in [0.1, 0.15) is 23.2 Å². The molecule has 1 heterocycles. The van der Waals surface area contributed by atoms with Crippen molar-refractivity contribution in [2.75, 3.05) is 13.7 Å². The van der Waals surface area contributed by atoms with Crippen LogP contribution in [0.2, 0.25) is 0 Å². The van der Waals surface area contributed by atoms with Gasteiger partial charge in [-0.2, -0.15) is 13.2 Å². The van der Waals surface area contributed by atoms with Crippen molar-refractivity contribution < 1.29 is 23.0 Å². The Morgan fingerprint density at radius 2 is 2.12 bits per heavy atom. The SMILES string of the molecule is CCNC(=NCc1cccc(OC)c1O)NCc1nc(C(F)(F)F)cs1. The number of rotatable bonds is 6. The fourth-order valence-corrected chi connectivity index (χ4v) is 2.79. The van der Waals surface area contributed by atoms with Crippen LogP contribution < -0.4 is 15.4 Å². The van der Waals surface area contributed by atoms with Crippen molar-refractivity contribution in [1.82, 2.24) is 15.6 Å². The number of phenolic OH excluding ortho intramolecular Hbond substituents is 1. The number of nitrogens with one attached hydrogen (secondary N) is 2. The molecule has 0 radical (unpaired) electrons. The molecule has 6 nitrogen and oxygen atoms in total. The summed E-state index contributed by atoms with van der Waals surface area (Å²) in [5, 5.41) is 17.3. The third-order valence-corrected chi connectivity index (χ3v) is 4.15. The maximum atomic E-state index is 12.6. The molecule has 3 N–H and O–H groups in total. The highest BCUT2D eigenvalue weighted by atomic mass is 32.1. The Morgan fingerprint density at radius 3 is 2.73 bits per heavy atom. The molecule has 0 spiro atoms. The van der Waals surface area contributed by atoms with Crippen LogP contribution in [0.4, 0.5) is 13.2 Å². The zero-order valence-corrected chi connectivity index (χ0v) is 15.0. The Balaban J connectivity index is 2.04. The summed E-state index contributed by atoms with van der Waals surface area (Å²) < 4.78 is 42.8. The van der Waals surface area contributed by atoms with Gasteiger partial charge in [0.25, 0.3) is 0 Å². The number of benzene rings is 1. The van der Waals surface area contributed by atoms with Crippen LogP contribution in [0, 0.1) is 0 Å². The minimum absolute atomic E-state index is 0.00402. The molecule has 0 aliphatic carbocycles. The number of hydrogen-bond acceptors (Lipinski definition) is 5. The van der Waals surface area contributed by atoms with E-state index in [-0.39, 0.29) is 18.8 Å². The number of thiazole rings is 1. The highest BCUT2D eigenvalue weighted by Crippen LogP contribution is 2.30. The van der Waals surface area contributed by atoms with Gasteiger partial charge in [0.1, 0.15) is 5.01 Å². The fourth-order valence-electron chi connectivity index (χ4n) is 2.05. The van der Waals surface area contributed by atoms with Gasteiger partial charge in [-0.05, 0) is 13.0 Å². The Hall–Kier alpha value is -2.49. The summed E-state index contributed by atoms with van der Waals surface area (Å²) in [6.07, 6.45) is -4.45. The predicted octanol–water partition coefficient (Wildman–Crippen LogP) is 3.13. The maximum Gasteiger partial charge on any atom is 0.434 e. The van der Waals surface area contributed by atoms with E-state index in [1.807, 2.05) is 6.92 Å². The first-order valence-electron chi connectivity index (χ1n) is 7.73. The number of phenols is 1. The summed E-state index contributed by atoms with van der Waals surface area (Å²) >= 11 is 0.925. The number of hydrogen-bond donors (Lipinski definition) is 3. The number of alkyl halides is 3. The van der Waals surface area contributed by atoms with Gasteiger partial charge in [-0.1, -0.05) is 12.1 Å². The zero-order valence-electron chi connectivity index (χ0n) is 14.2. The molecule has 0 saturated heterocycles. The fraction of sp³-hybridized carbons (Fsp3) is 0.375. The van der Waals surface area contributed by atoms with Gasteiger partial charge in [0.2, 0.25) is 0 Å². The smallest absolute Gasteiger partial charge is 0.434 e. The van der Waals surface area contributed by atoms with Gasteiger partial charge >= 0.3 is 6.18 Å². The van der Waals surface area contributed by atoms with Crippen LogP contribution in [0.3, 0.4) is 0 Å². The standard InChI is InChI=1S/C16H19F3N4O2S/c1-3-20-15(21-7-10-5-4-6-11(25-2)14(10)24)22-8-13-23-12(9-26-13)16(17,18)19/h4-6,9,24H,3,7-8H2,1-2H3,(H2,20,21,22).